The highest BCUT2D eigenvalue weighted by Gasteiger charge is 2.10. The Balaban J connectivity index is 2.77. The predicted octanol–water partition coefficient (Wildman–Crippen LogP) is 3.38. The molecule has 0 aromatic heterocycles. The Bertz CT molecular complexity index is 328. The minimum Gasteiger partial charge on any atom is -0.497 e. The average Bonchev–Trinajstić information content (AvgIpc) is 2.31. The van der Waals surface area contributed by atoms with Crippen molar-refractivity contribution in [1.29, 1.82) is 0 Å². The quantitative estimate of drug-likeness (QED) is 0.870. The zero-order valence-electron chi connectivity index (χ0n) is 10.0. The fraction of sp³-hybridized carbons (Fsp3) is 0.538. The van der Waals surface area contributed by atoms with E-state index in [1.165, 1.54) is 18.4 Å². The lowest BCUT2D eigenvalue weighted by atomic mass is 9.95. The van der Waals surface area contributed by atoms with Crippen LogP contribution in [-0.4, -0.2) is 13.7 Å². The maximum Gasteiger partial charge on any atom is 0.119 e. The second kappa shape index (κ2) is 6.92. The number of methoxy groups -OCH3 is 1. The molecule has 1 unspecified atom stereocenters. The molecular formula is C13H20BrNO. The molecule has 3 heteroatoms. The third-order valence-corrected chi connectivity index (χ3v) is 3.57. The van der Waals surface area contributed by atoms with E-state index in [9.17, 15) is 0 Å². The lowest BCUT2D eigenvalue weighted by Crippen LogP contribution is -2.16. The van der Waals surface area contributed by atoms with Gasteiger partial charge in [0.15, 0.2) is 0 Å². The Morgan fingerprint density at radius 2 is 2.19 bits per heavy atom. The van der Waals surface area contributed by atoms with Crippen molar-refractivity contribution in [1.82, 2.24) is 0 Å². The van der Waals surface area contributed by atoms with E-state index < -0.39 is 0 Å². The number of ether oxygens (including phenoxy) is 1. The average molecular weight is 286 g/mol. The van der Waals surface area contributed by atoms with Crippen LogP contribution in [-0.2, 0) is 6.42 Å². The first-order valence-electron chi connectivity index (χ1n) is 5.73. The van der Waals surface area contributed by atoms with Crippen LogP contribution >= 0.6 is 15.9 Å². The van der Waals surface area contributed by atoms with E-state index in [2.05, 4.69) is 28.9 Å². The summed E-state index contributed by atoms with van der Waals surface area (Å²) in [6.45, 7) is 2.95. The van der Waals surface area contributed by atoms with Crippen LogP contribution < -0.4 is 10.5 Å². The second-order valence-electron chi connectivity index (χ2n) is 4.05. The fourth-order valence-corrected chi connectivity index (χ4v) is 2.27. The van der Waals surface area contributed by atoms with Crippen molar-refractivity contribution >= 4 is 15.9 Å². The lowest BCUT2D eigenvalue weighted by molar-refractivity contribution is 0.413. The second-order valence-corrected chi connectivity index (χ2v) is 4.91. The first-order valence-corrected chi connectivity index (χ1v) is 6.53. The number of benzene rings is 1. The van der Waals surface area contributed by atoms with Gasteiger partial charge in [-0.25, -0.2) is 0 Å². The summed E-state index contributed by atoms with van der Waals surface area (Å²) in [5.74, 6) is 1.47. The largest absolute Gasteiger partial charge is 0.497 e. The van der Waals surface area contributed by atoms with Gasteiger partial charge in [0.1, 0.15) is 5.75 Å². The summed E-state index contributed by atoms with van der Waals surface area (Å²) in [5.41, 5.74) is 7.06. The highest BCUT2D eigenvalue weighted by Crippen LogP contribution is 2.25. The van der Waals surface area contributed by atoms with Crippen molar-refractivity contribution in [3.05, 3.63) is 28.2 Å². The van der Waals surface area contributed by atoms with Crippen LogP contribution in [0.15, 0.2) is 22.7 Å². The summed E-state index contributed by atoms with van der Waals surface area (Å²) >= 11 is 3.57. The van der Waals surface area contributed by atoms with E-state index in [4.69, 9.17) is 10.5 Å². The highest BCUT2D eigenvalue weighted by atomic mass is 79.9. The van der Waals surface area contributed by atoms with Gasteiger partial charge in [-0.3, -0.25) is 0 Å². The molecule has 0 saturated carbocycles. The molecule has 1 atom stereocenters. The monoisotopic (exact) mass is 285 g/mol. The first kappa shape index (κ1) is 13.5. The van der Waals surface area contributed by atoms with Crippen LogP contribution in [0.5, 0.6) is 5.75 Å². The number of rotatable bonds is 6. The minimum atomic E-state index is 0.563. The Hall–Kier alpha value is -0.540. The number of hydrogen-bond donors (Lipinski definition) is 1. The van der Waals surface area contributed by atoms with Crippen LogP contribution in [0.1, 0.15) is 25.3 Å². The molecular weight excluding hydrogens is 266 g/mol. The third-order valence-electron chi connectivity index (χ3n) is 2.79. The van der Waals surface area contributed by atoms with Gasteiger partial charge in [0.2, 0.25) is 0 Å². The molecule has 0 radical (unpaired) electrons. The highest BCUT2D eigenvalue weighted by molar-refractivity contribution is 9.10. The number of nitrogens with two attached hydrogens (primary N) is 1. The van der Waals surface area contributed by atoms with E-state index in [0.717, 1.165) is 23.2 Å². The predicted molar refractivity (Wildman–Crippen MR) is 71.9 cm³/mol. The summed E-state index contributed by atoms with van der Waals surface area (Å²) in [6.07, 6.45) is 3.38. The van der Waals surface area contributed by atoms with Crippen molar-refractivity contribution in [3.63, 3.8) is 0 Å². The summed E-state index contributed by atoms with van der Waals surface area (Å²) in [7, 11) is 1.69. The zero-order valence-corrected chi connectivity index (χ0v) is 11.6. The zero-order chi connectivity index (χ0) is 12.0. The smallest absolute Gasteiger partial charge is 0.119 e. The Morgan fingerprint density at radius 3 is 2.75 bits per heavy atom. The maximum atomic E-state index is 5.78. The Labute approximate surface area is 106 Å². The standard InChI is InChI=1S/C13H20BrNO/c1-3-4-10(9-15)7-11-8-12(16-2)5-6-13(11)14/h5-6,8,10H,3-4,7,9,15H2,1-2H3. The van der Waals surface area contributed by atoms with Crippen LogP contribution in [0.25, 0.3) is 0 Å². The minimum absolute atomic E-state index is 0.563. The molecule has 0 spiro atoms. The molecule has 90 valence electrons. The van der Waals surface area contributed by atoms with E-state index in [0.29, 0.717) is 5.92 Å². The molecule has 0 aliphatic heterocycles. The normalized spacial score (nSPS) is 12.5. The Morgan fingerprint density at radius 1 is 1.44 bits per heavy atom. The van der Waals surface area contributed by atoms with Crippen LogP contribution in [0, 0.1) is 5.92 Å². The van der Waals surface area contributed by atoms with Crippen molar-refractivity contribution in [2.75, 3.05) is 13.7 Å². The molecule has 0 fully saturated rings. The van der Waals surface area contributed by atoms with Gasteiger partial charge >= 0.3 is 0 Å². The summed E-state index contributed by atoms with van der Waals surface area (Å²) in [5, 5.41) is 0. The van der Waals surface area contributed by atoms with Gasteiger partial charge in [-0.15, -0.1) is 0 Å². The van der Waals surface area contributed by atoms with E-state index in [-0.39, 0.29) is 0 Å². The van der Waals surface area contributed by atoms with Crippen molar-refractivity contribution < 1.29 is 4.74 Å². The van der Waals surface area contributed by atoms with Crippen molar-refractivity contribution in [2.24, 2.45) is 11.7 Å². The molecule has 2 nitrogen and oxygen atoms in total. The molecule has 1 aromatic carbocycles. The SMILES string of the molecule is CCCC(CN)Cc1cc(OC)ccc1Br. The van der Waals surface area contributed by atoms with Crippen molar-refractivity contribution in [3.8, 4) is 5.75 Å². The Kier molecular flexibility index (Phi) is 5.85. The molecule has 0 saturated heterocycles. The van der Waals surface area contributed by atoms with E-state index in [1.54, 1.807) is 7.11 Å². The van der Waals surface area contributed by atoms with Gasteiger partial charge in [-0.2, -0.15) is 0 Å². The molecule has 1 aromatic rings. The van der Waals surface area contributed by atoms with Crippen LogP contribution in [0.4, 0.5) is 0 Å². The third kappa shape index (κ3) is 3.80. The summed E-state index contributed by atoms with van der Waals surface area (Å²) in [4.78, 5) is 0. The van der Waals surface area contributed by atoms with Crippen LogP contribution in [0.3, 0.4) is 0 Å². The lowest BCUT2D eigenvalue weighted by Gasteiger charge is -2.15. The maximum absolute atomic E-state index is 5.78. The van der Waals surface area contributed by atoms with E-state index >= 15 is 0 Å². The fourth-order valence-electron chi connectivity index (χ4n) is 1.86. The van der Waals surface area contributed by atoms with Crippen LogP contribution in [0.2, 0.25) is 0 Å². The molecule has 1 rings (SSSR count). The number of hydrogen-bond acceptors (Lipinski definition) is 2. The van der Waals surface area contributed by atoms with Gasteiger partial charge in [-0.1, -0.05) is 29.3 Å². The molecule has 16 heavy (non-hydrogen) atoms. The van der Waals surface area contributed by atoms with Gasteiger partial charge in [0, 0.05) is 4.47 Å². The summed E-state index contributed by atoms with van der Waals surface area (Å²) in [6, 6.07) is 6.08. The topological polar surface area (TPSA) is 35.2 Å². The van der Waals surface area contributed by atoms with Crippen molar-refractivity contribution in [2.45, 2.75) is 26.2 Å². The van der Waals surface area contributed by atoms with E-state index in [1.807, 2.05) is 12.1 Å². The molecule has 0 aliphatic carbocycles. The molecule has 0 heterocycles. The molecule has 0 aliphatic rings. The van der Waals surface area contributed by atoms with Gasteiger partial charge in [0.25, 0.3) is 0 Å². The molecule has 0 bridgehead atoms. The van der Waals surface area contributed by atoms with Gasteiger partial charge in [0.05, 0.1) is 7.11 Å². The summed E-state index contributed by atoms with van der Waals surface area (Å²) < 4.78 is 6.37. The first-order chi connectivity index (χ1) is 7.71. The molecule has 0 amide bonds. The molecule has 2 N–H and O–H groups in total. The van der Waals surface area contributed by atoms with Gasteiger partial charge in [-0.05, 0) is 49.1 Å². The van der Waals surface area contributed by atoms with Gasteiger partial charge < -0.3 is 10.5 Å². The number of halogens is 1.